The molecule has 1 aromatic carbocycles. The Morgan fingerprint density at radius 3 is 2.74 bits per heavy atom. The summed E-state index contributed by atoms with van der Waals surface area (Å²) in [6.07, 6.45) is 3.64. The van der Waals surface area contributed by atoms with Crippen molar-refractivity contribution in [2.45, 2.75) is 52.6 Å². The first-order valence-corrected chi connectivity index (χ1v) is 7.84. The molecule has 0 amide bonds. The zero-order valence-electron chi connectivity index (χ0n) is 11.8. The highest BCUT2D eigenvalue weighted by Gasteiger charge is 2.23. The molecular formula is C16H20BrNO. The fourth-order valence-corrected chi connectivity index (χ4v) is 3.07. The van der Waals surface area contributed by atoms with Crippen LogP contribution in [-0.4, -0.2) is 6.04 Å². The minimum absolute atomic E-state index is 0.715. The van der Waals surface area contributed by atoms with E-state index in [1.165, 1.54) is 39.4 Å². The molecule has 2 nitrogen and oxygen atoms in total. The van der Waals surface area contributed by atoms with Crippen molar-refractivity contribution in [2.24, 2.45) is 0 Å². The molecule has 0 saturated heterocycles. The highest BCUT2D eigenvalue weighted by molar-refractivity contribution is 9.10. The lowest BCUT2D eigenvalue weighted by atomic mass is 10.0. The van der Waals surface area contributed by atoms with E-state index in [-0.39, 0.29) is 0 Å². The third-order valence-electron chi connectivity index (χ3n) is 4.00. The predicted octanol–water partition coefficient (Wildman–Crippen LogP) is 4.63. The van der Waals surface area contributed by atoms with Crippen LogP contribution in [0, 0.1) is 13.8 Å². The number of furan rings is 1. The Balaban J connectivity index is 2.09. The Bertz CT molecular complexity index is 625. The molecule has 0 bridgehead atoms. The van der Waals surface area contributed by atoms with E-state index in [1.54, 1.807) is 0 Å². The maximum Gasteiger partial charge on any atom is 0.135 e. The van der Waals surface area contributed by atoms with Crippen LogP contribution in [0.25, 0.3) is 11.0 Å². The number of hydrogen-bond acceptors (Lipinski definition) is 2. The van der Waals surface area contributed by atoms with Crippen molar-refractivity contribution >= 4 is 26.9 Å². The van der Waals surface area contributed by atoms with E-state index in [4.69, 9.17) is 4.42 Å². The van der Waals surface area contributed by atoms with E-state index in [2.05, 4.69) is 48.1 Å². The van der Waals surface area contributed by atoms with Gasteiger partial charge in [-0.3, -0.25) is 0 Å². The lowest BCUT2D eigenvalue weighted by Gasteiger charge is -2.05. The van der Waals surface area contributed by atoms with Gasteiger partial charge < -0.3 is 9.73 Å². The van der Waals surface area contributed by atoms with Crippen molar-refractivity contribution in [1.29, 1.82) is 0 Å². The van der Waals surface area contributed by atoms with Crippen LogP contribution in [-0.2, 0) is 13.0 Å². The molecule has 2 aromatic rings. The van der Waals surface area contributed by atoms with Crippen molar-refractivity contribution in [3.63, 3.8) is 0 Å². The molecular weight excluding hydrogens is 302 g/mol. The van der Waals surface area contributed by atoms with Gasteiger partial charge in [-0.15, -0.1) is 0 Å². The fourth-order valence-electron chi connectivity index (χ4n) is 2.75. The van der Waals surface area contributed by atoms with Gasteiger partial charge >= 0.3 is 0 Å². The van der Waals surface area contributed by atoms with Crippen LogP contribution in [0.1, 0.15) is 42.2 Å². The minimum Gasteiger partial charge on any atom is -0.459 e. The van der Waals surface area contributed by atoms with Gasteiger partial charge in [0.15, 0.2) is 0 Å². The number of halogens is 1. The summed E-state index contributed by atoms with van der Waals surface area (Å²) in [5.41, 5.74) is 4.93. The molecule has 1 aromatic heterocycles. The summed E-state index contributed by atoms with van der Waals surface area (Å²) in [4.78, 5) is 0. The zero-order chi connectivity index (χ0) is 13.6. The van der Waals surface area contributed by atoms with E-state index in [0.717, 1.165) is 24.3 Å². The smallest absolute Gasteiger partial charge is 0.135 e. The Morgan fingerprint density at radius 1 is 1.37 bits per heavy atom. The van der Waals surface area contributed by atoms with Crippen LogP contribution in [0.2, 0.25) is 0 Å². The standard InChI is InChI=1S/C16H20BrNO/c1-4-12-14(8-18-11-5-6-11)19-13-7-9(2)16(17)10(3)15(12)13/h7,11,18H,4-6,8H2,1-3H3. The molecule has 1 heterocycles. The first-order valence-electron chi connectivity index (χ1n) is 7.05. The summed E-state index contributed by atoms with van der Waals surface area (Å²) in [6.45, 7) is 7.36. The largest absolute Gasteiger partial charge is 0.459 e. The molecule has 1 N–H and O–H groups in total. The molecule has 1 saturated carbocycles. The Hall–Kier alpha value is -0.800. The highest BCUT2D eigenvalue weighted by atomic mass is 79.9. The van der Waals surface area contributed by atoms with Crippen LogP contribution in [0.4, 0.5) is 0 Å². The quantitative estimate of drug-likeness (QED) is 0.888. The summed E-state index contributed by atoms with van der Waals surface area (Å²) in [7, 11) is 0. The van der Waals surface area contributed by atoms with Gasteiger partial charge in [-0.2, -0.15) is 0 Å². The van der Waals surface area contributed by atoms with Crippen molar-refractivity contribution < 1.29 is 4.42 Å². The summed E-state index contributed by atoms with van der Waals surface area (Å²) < 4.78 is 7.31. The number of rotatable bonds is 4. The molecule has 1 aliphatic carbocycles. The molecule has 19 heavy (non-hydrogen) atoms. The molecule has 0 aliphatic heterocycles. The van der Waals surface area contributed by atoms with Gasteiger partial charge in [0.2, 0.25) is 0 Å². The molecule has 1 aliphatic rings. The second-order valence-electron chi connectivity index (χ2n) is 5.52. The average molecular weight is 322 g/mol. The Labute approximate surface area is 122 Å². The molecule has 0 spiro atoms. The molecule has 0 atom stereocenters. The van der Waals surface area contributed by atoms with E-state index in [9.17, 15) is 0 Å². The number of hydrogen-bond donors (Lipinski definition) is 1. The molecule has 3 heteroatoms. The predicted molar refractivity (Wildman–Crippen MR) is 82.6 cm³/mol. The van der Waals surface area contributed by atoms with Crippen molar-refractivity contribution in [2.75, 3.05) is 0 Å². The first-order chi connectivity index (χ1) is 9.11. The zero-order valence-corrected chi connectivity index (χ0v) is 13.4. The highest BCUT2D eigenvalue weighted by Crippen LogP contribution is 2.35. The van der Waals surface area contributed by atoms with E-state index in [0.29, 0.717) is 6.04 Å². The van der Waals surface area contributed by atoms with E-state index >= 15 is 0 Å². The summed E-state index contributed by atoms with van der Waals surface area (Å²) in [5, 5.41) is 4.85. The number of nitrogens with one attached hydrogen (secondary N) is 1. The lowest BCUT2D eigenvalue weighted by molar-refractivity contribution is 0.507. The lowest BCUT2D eigenvalue weighted by Crippen LogP contribution is -2.15. The summed E-state index contributed by atoms with van der Waals surface area (Å²) in [6, 6.07) is 2.86. The molecule has 0 unspecified atom stereocenters. The normalized spacial score (nSPS) is 15.4. The van der Waals surface area contributed by atoms with Gasteiger partial charge in [0, 0.05) is 21.5 Å². The Kier molecular flexibility index (Phi) is 3.44. The van der Waals surface area contributed by atoms with Crippen LogP contribution in [0.5, 0.6) is 0 Å². The topological polar surface area (TPSA) is 25.2 Å². The summed E-state index contributed by atoms with van der Waals surface area (Å²) in [5.74, 6) is 1.12. The van der Waals surface area contributed by atoms with Crippen LogP contribution in [0.15, 0.2) is 15.0 Å². The molecule has 0 radical (unpaired) electrons. The number of aryl methyl sites for hydroxylation is 3. The van der Waals surface area contributed by atoms with Crippen molar-refractivity contribution in [3.8, 4) is 0 Å². The monoisotopic (exact) mass is 321 g/mol. The van der Waals surface area contributed by atoms with Gasteiger partial charge in [0.1, 0.15) is 11.3 Å². The maximum atomic E-state index is 6.10. The van der Waals surface area contributed by atoms with E-state index < -0.39 is 0 Å². The van der Waals surface area contributed by atoms with Gasteiger partial charge in [0.05, 0.1) is 6.54 Å². The number of fused-ring (bicyclic) bond motifs is 1. The average Bonchev–Trinajstić information content (AvgIpc) is 3.15. The fraction of sp³-hybridized carbons (Fsp3) is 0.500. The van der Waals surface area contributed by atoms with Crippen LogP contribution in [0.3, 0.4) is 0 Å². The van der Waals surface area contributed by atoms with Gasteiger partial charge in [-0.25, -0.2) is 0 Å². The van der Waals surface area contributed by atoms with Crippen LogP contribution < -0.4 is 5.32 Å². The second kappa shape index (κ2) is 4.95. The van der Waals surface area contributed by atoms with Gasteiger partial charge in [-0.05, 0) is 50.3 Å². The molecule has 3 rings (SSSR count). The first kappa shape index (κ1) is 13.2. The summed E-state index contributed by atoms with van der Waals surface area (Å²) >= 11 is 3.69. The van der Waals surface area contributed by atoms with E-state index in [1.807, 2.05) is 0 Å². The third-order valence-corrected chi connectivity index (χ3v) is 5.22. The maximum absolute atomic E-state index is 6.10. The number of benzene rings is 1. The second-order valence-corrected chi connectivity index (χ2v) is 6.31. The molecule has 1 fully saturated rings. The Morgan fingerprint density at radius 2 is 2.11 bits per heavy atom. The SMILES string of the molecule is CCc1c(CNC2CC2)oc2cc(C)c(Br)c(C)c12. The minimum atomic E-state index is 0.715. The van der Waals surface area contributed by atoms with Crippen molar-refractivity contribution in [1.82, 2.24) is 5.32 Å². The van der Waals surface area contributed by atoms with Gasteiger partial charge in [-0.1, -0.05) is 22.9 Å². The molecule has 102 valence electrons. The van der Waals surface area contributed by atoms with Crippen LogP contribution >= 0.6 is 15.9 Å². The third kappa shape index (κ3) is 2.34. The van der Waals surface area contributed by atoms with Gasteiger partial charge in [0.25, 0.3) is 0 Å². The van der Waals surface area contributed by atoms with Crippen molar-refractivity contribution in [3.05, 3.63) is 33.0 Å².